The van der Waals surface area contributed by atoms with Gasteiger partial charge in [0, 0.05) is 31.1 Å². The minimum atomic E-state index is -0.203. The summed E-state index contributed by atoms with van der Waals surface area (Å²) in [6, 6.07) is 1.78. The maximum absolute atomic E-state index is 12.3. The van der Waals surface area contributed by atoms with Gasteiger partial charge in [-0.1, -0.05) is 12.1 Å². The van der Waals surface area contributed by atoms with Gasteiger partial charge in [0.1, 0.15) is 5.76 Å². The molecule has 0 spiro atoms. The van der Waals surface area contributed by atoms with E-state index in [0.29, 0.717) is 24.7 Å². The Morgan fingerprint density at radius 3 is 2.86 bits per heavy atom. The molecule has 1 aliphatic carbocycles. The Morgan fingerprint density at radius 1 is 1.45 bits per heavy atom. The molecule has 0 radical (unpaired) electrons. The van der Waals surface area contributed by atoms with Crippen LogP contribution < -0.4 is 11.1 Å². The molecule has 0 unspecified atom stereocenters. The zero-order valence-electron chi connectivity index (χ0n) is 12.7. The van der Waals surface area contributed by atoms with Gasteiger partial charge in [-0.2, -0.15) is 0 Å². The molecule has 1 aromatic rings. The first-order chi connectivity index (χ1) is 10.6. The second kappa shape index (κ2) is 6.08. The maximum Gasteiger partial charge on any atom is 0.273 e. The predicted molar refractivity (Wildman–Crippen MR) is 79.1 cm³/mol. The van der Waals surface area contributed by atoms with Gasteiger partial charge < -0.3 is 20.5 Å². The number of nitrogens with one attached hydrogen (secondary N) is 1. The van der Waals surface area contributed by atoms with Crippen LogP contribution in [0.3, 0.4) is 0 Å². The summed E-state index contributed by atoms with van der Waals surface area (Å²) >= 11 is 0. The van der Waals surface area contributed by atoms with Gasteiger partial charge in [0.2, 0.25) is 5.91 Å². The van der Waals surface area contributed by atoms with E-state index >= 15 is 0 Å². The second-order valence-electron chi connectivity index (χ2n) is 6.28. The lowest BCUT2D eigenvalue weighted by atomic mass is 9.93. The van der Waals surface area contributed by atoms with Crippen LogP contribution in [0.25, 0.3) is 0 Å². The molecule has 120 valence electrons. The molecule has 2 atom stereocenters. The van der Waals surface area contributed by atoms with E-state index in [1.165, 1.54) is 0 Å². The smallest absolute Gasteiger partial charge is 0.273 e. The van der Waals surface area contributed by atoms with Crippen molar-refractivity contribution in [3.05, 3.63) is 17.5 Å². The van der Waals surface area contributed by atoms with Crippen molar-refractivity contribution in [2.45, 2.75) is 38.1 Å². The molecule has 0 bridgehead atoms. The topological polar surface area (TPSA) is 101 Å². The monoisotopic (exact) mass is 306 g/mol. The molecule has 7 heteroatoms. The van der Waals surface area contributed by atoms with E-state index in [2.05, 4.69) is 10.5 Å². The first kappa shape index (κ1) is 15.0. The summed E-state index contributed by atoms with van der Waals surface area (Å²) in [4.78, 5) is 25.6. The lowest BCUT2D eigenvalue weighted by Gasteiger charge is -2.37. The Labute approximate surface area is 129 Å². The zero-order chi connectivity index (χ0) is 15.7. The van der Waals surface area contributed by atoms with Crippen LogP contribution in [-0.4, -0.2) is 47.5 Å². The molecule has 2 heterocycles. The molecule has 1 saturated heterocycles. The van der Waals surface area contributed by atoms with E-state index in [1.807, 2.05) is 6.92 Å². The first-order valence-corrected chi connectivity index (χ1v) is 7.83. The van der Waals surface area contributed by atoms with Crippen LogP contribution in [0.1, 0.15) is 48.4 Å². The van der Waals surface area contributed by atoms with Crippen LogP contribution in [0.4, 0.5) is 0 Å². The third-order valence-electron chi connectivity index (χ3n) is 4.49. The number of nitrogens with two attached hydrogens (primary N) is 1. The van der Waals surface area contributed by atoms with Gasteiger partial charge in [0.05, 0.1) is 6.54 Å². The standard InChI is InChI=1S/C15H22N4O3/c1-9-8-19(14(20)7-16)5-4-11(9)17-15(21)12-6-13(22-18-12)10-2-3-10/h6,9-11H,2-5,7-8,16H2,1H3,(H,17,21)/t9-,11-/m1/s1. The molecule has 7 nitrogen and oxygen atoms in total. The Hall–Kier alpha value is -1.89. The van der Waals surface area contributed by atoms with Gasteiger partial charge in [-0.05, 0) is 25.2 Å². The molecule has 2 amide bonds. The normalized spacial score (nSPS) is 25.1. The molecule has 1 aliphatic heterocycles. The number of hydrogen-bond acceptors (Lipinski definition) is 5. The van der Waals surface area contributed by atoms with Crippen molar-refractivity contribution < 1.29 is 14.1 Å². The highest BCUT2D eigenvalue weighted by Crippen LogP contribution is 2.40. The van der Waals surface area contributed by atoms with Crippen molar-refractivity contribution in [3.63, 3.8) is 0 Å². The fraction of sp³-hybridized carbons (Fsp3) is 0.667. The van der Waals surface area contributed by atoms with Crippen molar-refractivity contribution in [1.82, 2.24) is 15.4 Å². The van der Waals surface area contributed by atoms with Crippen LogP contribution in [0, 0.1) is 5.92 Å². The van der Waals surface area contributed by atoms with Crippen LogP contribution in [-0.2, 0) is 4.79 Å². The average molecular weight is 306 g/mol. The highest BCUT2D eigenvalue weighted by atomic mass is 16.5. The van der Waals surface area contributed by atoms with Crippen LogP contribution in [0.2, 0.25) is 0 Å². The number of nitrogens with zero attached hydrogens (tertiary/aromatic N) is 2. The van der Waals surface area contributed by atoms with Gasteiger partial charge in [-0.15, -0.1) is 0 Å². The highest BCUT2D eigenvalue weighted by Gasteiger charge is 2.31. The number of hydrogen-bond donors (Lipinski definition) is 2. The van der Waals surface area contributed by atoms with Crippen molar-refractivity contribution in [1.29, 1.82) is 0 Å². The number of carbonyl (C=O) groups is 2. The van der Waals surface area contributed by atoms with E-state index in [0.717, 1.165) is 25.0 Å². The molecule has 0 aromatic carbocycles. The fourth-order valence-electron chi connectivity index (χ4n) is 2.91. The third kappa shape index (κ3) is 3.14. The van der Waals surface area contributed by atoms with Crippen LogP contribution >= 0.6 is 0 Å². The lowest BCUT2D eigenvalue weighted by Crippen LogP contribution is -2.52. The van der Waals surface area contributed by atoms with E-state index in [-0.39, 0.29) is 30.3 Å². The number of amides is 2. The SMILES string of the molecule is C[C@@H]1CN(C(=O)CN)CC[C@H]1NC(=O)c1cc(C2CC2)on1. The summed E-state index contributed by atoms with van der Waals surface area (Å²) in [5.74, 6) is 1.19. The highest BCUT2D eigenvalue weighted by molar-refractivity contribution is 5.92. The van der Waals surface area contributed by atoms with E-state index < -0.39 is 0 Å². The number of piperidine rings is 1. The molecular formula is C15H22N4O3. The van der Waals surface area contributed by atoms with Crippen molar-refractivity contribution >= 4 is 11.8 Å². The summed E-state index contributed by atoms with van der Waals surface area (Å²) in [6.07, 6.45) is 2.95. The summed E-state index contributed by atoms with van der Waals surface area (Å²) in [6.45, 7) is 3.30. The van der Waals surface area contributed by atoms with Crippen LogP contribution in [0.15, 0.2) is 10.6 Å². The second-order valence-corrected chi connectivity index (χ2v) is 6.28. The van der Waals surface area contributed by atoms with Crippen molar-refractivity contribution in [3.8, 4) is 0 Å². The number of likely N-dealkylation sites (tertiary alicyclic amines) is 1. The van der Waals surface area contributed by atoms with Gasteiger partial charge in [0.25, 0.3) is 5.91 Å². The van der Waals surface area contributed by atoms with Crippen molar-refractivity contribution in [2.24, 2.45) is 11.7 Å². The molecule has 3 N–H and O–H groups in total. The molecule has 3 rings (SSSR count). The largest absolute Gasteiger partial charge is 0.360 e. The molecule has 1 saturated carbocycles. The van der Waals surface area contributed by atoms with E-state index in [4.69, 9.17) is 10.3 Å². The maximum atomic E-state index is 12.3. The van der Waals surface area contributed by atoms with Gasteiger partial charge in [-0.25, -0.2) is 0 Å². The van der Waals surface area contributed by atoms with E-state index in [1.54, 1.807) is 11.0 Å². The van der Waals surface area contributed by atoms with Crippen LogP contribution in [0.5, 0.6) is 0 Å². The Bertz CT molecular complexity index is 567. The summed E-state index contributed by atoms with van der Waals surface area (Å²) in [5, 5.41) is 6.86. The van der Waals surface area contributed by atoms with E-state index in [9.17, 15) is 9.59 Å². The number of rotatable bonds is 4. The average Bonchev–Trinajstić information content (AvgIpc) is 3.25. The molecular weight excluding hydrogens is 284 g/mol. The minimum absolute atomic E-state index is 0.0344. The van der Waals surface area contributed by atoms with Gasteiger partial charge in [-0.3, -0.25) is 9.59 Å². The summed E-state index contributed by atoms with van der Waals surface area (Å²) in [5.41, 5.74) is 5.73. The molecule has 2 fully saturated rings. The summed E-state index contributed by atoms with van der Waals surface area (Å²) in [7, 11) is 0. The quantitative estimate of drug-likeness (QED) is 0.842. The predicted octanol–water partition coefficient (Wildman–Crippen LogP) is 0.478. The minimum Gasteiger partial charge on any atom is -0.360 e. The zero-order valence-corrected chi connectivity index (χ0v) is 12.7. The number of aromatic nitrogens is 1. The Morgan fingerprint density at radius 2 is 2.23 bits per heavy atom. The lowest BCUT2D eigenvalue weighted by molar-refractivity contribution is -0.131. The molecule has 2 aliphatic rings. The van der Waals surface area contributed by atoms with Gasteiger partial charge in [0.15, 0.2) is 5.69 Å². The molecule has 22 heavy (non-hydrogen) atoms. The van der Waals surface area contributed by atoms with Gasteiger partial charge >= 0.3 is 0 Å². The Kier molecular flexibility index (Phi) is 4.15. The van der Waals surface area contributed by atoms with Crippen molar-refractivity contribution in [2.75, 3.05) is 19.6 Å². The first-order valence-electron chi connectivity index (χ1n) is 7.83. The number of carbonyl (C=O) groups excluding carboxylic acids is 2. The molecule has 1 aromatic heterocycles. The fourth-order valence-corrected chi connectivity index (χ4v) is 2.91. The Balaban J connectivity index is 1.56. The summed E-state index contributed by atoms with van der Waals surface area (Å²) < 4.78 is 5.21. The third-order valence-corrected chi connectivity index (χ3v) is 4.49.